The molecule has 96 valence electrons. The van der Waals surface area contributed by atoms with Crippen molar-refractivity contribution in [3.05, 3.63) is 30.6 Å². The minimum atomic E-state index is -0.896. The summed E-state index contributed by atoms with van der Waals surface area (Å²) in [6.07, 6.45) is 3.54. The maximum Gasteiger partial charge on any atom is 0.313 e. The number of hydrogen-bond acceptors (Lipinski definition) is 5. The van der Waals surface area contributed by atoms with Crippen LogP contribution in [0.4, 0.5) is 0 Å². The van der Waals surface area contributed by atoms with Gasteiger partial charge in [0.05, 0.1) is 23.0 Å². The molecule has 0 saturated heterocycles. The highest BCUT2D eigenvalue weighted by atomic mass is 32.2. The van der Waals surface area contributed by atoms with Gasteiger partial charge in [0.1, 0.15) is 0 Å². The summed E-state index contributed by atoms with van der Waals surface area (Å²) in [7, 11) is 0. The van der Waals surface area contributed by atoms with Crippen molar-refractivity contribution in [2.45, 2.75) is 5.16 Å². The van der Waals surface area contributed by atoms with Crippen molar-refractivity contribution in [2.75, 3.05) is 5.75 Å². The summed E-state index contributed by atoms with van der Waals surface area (Å²) in [6, 6.07) is 5.73. The van der Waals surface area contributed by atoms with E-state index in [-0.39, 0.29) is 5.75 Å². The molecule has 0 spiro atoms. The fourth-order valence-electron chi connectivity index (χ4n) is 1.67. The number of carbonyl (C=O) groups is 1. The van der Waals surface area contributed by atoms with Gasteiger partial charge in [0.25, 0.3) is 0 Å². The number of aromatic amines is 1. The molecule has 19 heavy (non-hydrogen) atoms. The van der Waals surface area contributed by atoms with Crippen molar-refractivity contribution in [1.29, 1.82) is 0 Å². The second-order valence-corrected chi connectivity index (χ2v) is 4.68. The smallest absolute Gasteiger partial charge is 0.313 e. The third kappa shape index (κ3) is 2.29. The molecule has 3 aromatic heterocycles. The molecule has 3 rings (SSSR count). The summed E-state index contributed by atoms with van der Waals surface area (Å²) in [5, 5.41) is 20.0. The van der Waals surface area contributed by atoms with E-state index in [0.29, 0.717) is 11.0 Å². The number of fused-ring (bicyclic) bond motifs is 1. The standard InChI is InChI=1S/C11H9N5O2S/c17-9(18)6-19-11-13-10(14-15-11)7-5-12-16-4-2-1-3-8(7)16/h1-5H,6H2,(H,17,18)(H,13,14,15). The first kappa shape index (κ1) is 11.7. The molecule has 0 atom stereocenters. The summed E-state index contributed by atoms with van der Waals surface area (Å²) in [5.41, 5.74) is 1.74. The van der Waals surface area contributed by atoms with Gasteiger partial charge in [0.15, 0.2) is 5.82 Å². The van der Waals surface area contributed by atoms with Crippen LogP contribution in [-0.4, -0.2) is 41.6 Å². The van der Waals surface area contributed by atoms with Crippen LogP contribution in [0.2, 0.25) is 0 Å². The van der Waals surface area contributed by atoms with Gasteiger partial charge in [-0.15, -0.1) is 5.10 Å². The van der Waals surface area contributed by atoms with E-state index in [1.165, 1.54) is 0 Å². The lowest BCUT2D eigenvalue weighted by Gasteiger charge is -1.93. The molecule has 0 radical (unpaired) electrons. The SMILES string of the molecule is O=C(O)CSc1n[nH]c(-c2cnn3ccccc23)n1. The van der Waals surface area contributed by atoms with E-state index in [0.717, 1.165) is 22.8 Å². The van der Waals surface area contributed by atoms with E-state index in [4.69, 9.17) is 5.11 Å². The van der Waals surface area contributed by atoms with Crippen molar-refractivity contribution in [3.8, 4) is 11.4 Å². The third-order valence-electron chi connectivity index (χ3n) is 2.47. The quantitative estimate of drug-likeness (QED) is 0.697. The first-order valence-corrected chi connectivity index (χ1v) is 6.42. The van der Waals surface area contributed by atoms with Crippen molar-refractivity contribution >= 4 is 23.2 Å². The van der Waals surface area contributed by atoms with E-state index < -0.39 is 5.97 Å². The number of hydrogen-bond donors (Lipinski definition) is 2. The Kier molecular flexibility index (Phi) is 2.92. The number of pyridine rings is 1. The molecule has 0 aliphatic heterocycles. The summed E-state index contributed by atoms with van der Waals surface area (Å²) in [6.45, 7) is 0. The van der Waals surface area contributed by atoms with Gasteiger partial charge in [-0.1, -0.05) is 17.8 Å². The number of carboxylic acids is 1. The molecule has 0 saturated carbocycles. The Morgan fingerprint density at radius 1 is 1.47 bits per heavy atom. The van der Waals surface area contributed by atoms with Crippen LogP contribution >= 0.6 is 11.8 Å². The van der Waals surface area contributed by atoms with Crippen LogP contribution in [0.15, 0.2) is 35.7 Å². The van der Waals surface area contributed by atoms with E-state index >= 15 is 0 Å². The number of thioether (sulfide) groups is 1. The molecule has 7 nitrogen and oxygen atoms in total. The Balaban J connectivity index is 1.92. The molecule has 0 aromatic carbocycles. The predicted molar refractivity (Wildman–Crippen MR) is 68.9 cm³/mol. The summed E-state index contributed by atoms with van der Waals surface area (Å²) < 4.78 is 1.74. The molecule has 3 heterocycles. The topological polar surface area (TPSA) is 96.2 Å². The Bertz CT molecular complexity index is 735. The predicted octanol–water partition coefficient (Wildman–Crippen LogP) is 1.30. The van der Waals surface area contributed by atoms with Crippen LogP contribution in [0, 0.1) is 0 Å². The van der Waals surface area contributed by atoms with Crippen LogP contribution < -0.4 is 0 Å². The lowest BCUT2D eigenvalue weighted by atomic mass is 10.2. The van der Waals surface area contributed by atoms with Gasteiger partial charge >= 0.3 is 5.97 Å². The Morgan fingerprint density at radius 2 is 2.37 bits per heavy atom. The van der Waals surface area contributed by atoms with Gasteiger partial charge in [-0.05, 0) is 12.1 Å². The number of nitrogens with one attached hydrogen (secondary N) is 1. The first-order valence-electron chi connectivity index (χ1n) is 5.44. The fraction of sp³-hybridized carbons (Fsp3) is 0.0909. The van der Waals surface area contributed by atoms with Crippen molar-refractivity contribution in [2.24, 2.45) is 0 Å². The van der Waals surface area contributed by atoms with Gasteiger partial charge in [-0.25, -0.2) is 9.50 Å². The lowest BCUT2D eigenvalue weighted by molar-refractivity contribution is -0.133. The molecule has 0 fully saturated rings. The molecule has 0 aliphatic rings. The summed E-state index contributed by atoms with van der Waals surface area (Å²) >= 11 is 1.07. The highest BCUT2D eigenvalue weighted by Gasteiger charge is 2.12. The van der Waals surface area contributed by atoms with Crippen LogP contribution in [0.1, 0.15) is 0 Å². The van der Waals surface area contributed by atoms with Crippen molar-refractivity contribution < 1.29 is 9.90 Å². The Labute approximate surface area is 111 Å². The summed E-state index contributed by atoms with van der Waals surface area (Å²) in [5.74, 6) is -0.382. The van der Waals surface area contributed by atoms with Crippen molar-refractivity contribution in [3.63, 3.8) is 0 Å². The number of H-pyrrole nitrogens is 1. The van der Waals surface area contributed by atoms with Crippen LogP contribution in [0.3, 0.4) is 0 Å². The molecule has 0 unspecified atom stereocenters. The summed E-state index contributed by atoms with van der Waals surface area (Å²) in [4.78, 5) is 14.7. The minimum absolute atomic E-state index is 0.0634. The monoisotopic (exact) mass is 275 g/mol. The maximum absolute atomic E-state index is 10.5. The first-order chi connectivity index (χ1) is 9.24. The molecule has 0 amide bonds. The zero-order valence-electron chi connectivity index (χ0n) is 9.65. The van der Waals surface area contributed by atoms with Crippen LogP contribution in [-0.2, 0) is 4.79 Å². The number of nitrogens with zero attached hydrogens (tertiary/aromatic N) is 4. The number of aliphatic carboxylic acids is 1. The highest BCUT2D eigenvalue weighted by Crippen LogP contribution is 2.22. The molecule has 2 N–H and O–H groups in total. The number of rotatable bonds is 4. The average Bonchev–Trinajstić information content (AvgIpc) is 3.02. The van der Waals surface area contributed by atoms with Crippen LogP contribution in [0.25, 0.3) is 16.9 Å². The van der Waals surface area contributed by atoms with E-state index in [9.17, 15) is 4.79 Å². The third-order valence-corrected chi connectivity index (χ3v) is 3.30. The van der Waals surface area contributed by atoms with E-state index in [1.807, 2.05) is 24.4 Å². The fourth-order valence-corrected chi connectivity index (χ4v) is 2.19. The zero-order chi connectivity index (χ0) is 13.2. The zero-order valence-corrected chi connectivity index (χ0v) is 10.5. The molecule has 3 aromatic rings. The molecule has 0 aliphatic carbocycles. The Morgan fingerprint density at radius 3 is 3.21 bits per heavy atom. The minimum Gasteiger partial charge on any atom is -0.481 e. The van der Waals surface area contributed by atoms with E-state index in [1.54, 1.807) is 10.7 Å². The molecule has 8 heteroatoms. The van der Waals surface area contributed by atoms with Gasteiger partial charge in [0, 0.05) is 6.20 Å². The largest absolute Gasteiger partial charge is 0.481 e. The Hall–Kier alpha value is -2.35. The van der Waals surface area contributed by atoms with Gasteiger partial charge in [0.2, 0.25) is 5.16 Å². The van der Waals surface area contributed by atoms with Crippen molar-refractivity contribution in [1.82, 2.24) is 24.8 Å². The van der Waals surface area contributed by atoms with Crippen LogP contribution in [0.5, 0.6) is 0 Å². The second-order valence-electron chi connectivity index (χ2n) is 3.74. The number of aromatic nitrogens is 5. The van der Waals surface area contributed by atoms with E-state index in [2.05, 4.69) is 20.3 Å². The van der Waals surface area contributed by atoms with Gasteiger partial charge in [-0.2, -0.15) is 5.10 Å². The number of carboxylic acid groups (broad SMARTS) is 1. The lowest BCUT2D eigenvalue weighted by Crippen LogP contribution is -1.97. The maximum atomic E-state index is 10.5. The second kappa shape index (κ2) is 4.73. The van der Waals surface area contributed by atoms with Gasteiger partial charge < -0.3 is 5.11 Å². The normalized spacial score (nSPS) is 10.9. The molecule has 0 bridgehead atoms. The van der Waals surface area contributed by atoms with Gasteiger partial charge in [-0.3, -0.25) is 9.89 Å². The highest BCUT2D eigenvalue weighted by molar-refractivity contribution is 7.99. The average molecular weight is 275 g/mol. The molecular formula is C11H9N5O2S. The molecular weight excluding hydrogens is 266 g/mol.